The van der Waals surface area contributed by atoms with E-state index in [2.05, 4.69) is 12.2 Å². The minimum absolute atomic E-state index is 0.103. The molecule has 1 aromatic rings. The van der Waals surface area contributed by atoms with Crippen molar-refractivity contribution in [1.82, 2.24) is 0 Å². The van der Waals surface area contributed by atoms with Gasteiger partial charge in [0.05, 0.1) is 5.56 Å². The molecular formula is C15H19FN2. The van der Waals surface area contributed by atoms with Crippen molar-refractivity contribution in [2.24, 2.45) is 11.8 Å². The fourth-order valence-corrected chi connectivity index (χ4v) is 2.66. The van der Waals surface area contributed by atoms with Crippen LogP contribution in [-0.2, 0) is 0 Å². The van der Waals surface area contributed by atoms with Crippen LogP contribution < -0.4 is 5.32 Å². The third-order valence-electron chi connectivity index (χ3n) is 3.95. The molecule has 0 aromatic heterocycles. The van der Waals surface area contributed by atoms with Crippen LogP contribution in [0.3, 0.4) is 0 Å². The maximum absolute atomic E-state index is 13.4. The first-order valence-corrected chi connectivity index (χ1v) is 6.64. The zero-order valence-corrected chi connectivity index (χ0v) is 10.7. The Morgan fingerprint density at radius 3 is 2.83 bits per heavy atom. The van der Waals surface area contributed by atoms with E-state index in [0.29, 0.717) is 5.92 Å². The Morgan fingerprint density at radius 1 is 1.39 bits per heavy atom. The number of hydrogen-bond donors (Lipinski definition) is 1. The molecular weight excluding hydrogens is 227 g/mol. The molecule has 2 nitrogen and oxygen atoms in total. The van der Waals surface area contributed by atoms with E-state index < -0.39 is 5.82 Å². The van der Waals surface area contributed by atoms with Crippen molar-refractivity contribution in [3.05, 3.63) is 29.6 Å². The van der Waals surface area contributed by atoms with Gasteiger partial charge in [-0.15, -0.1) is 0 Å². The van der Waals surface area contributed by atoms with Gasteiger partial charge in [0, 0.05) is 12.2 Å². The standard InChI is InChI=1S/C15H19FN2/c1-11-4-2-3-5-13(11)10-18-14-7-6-12(9-17)15(16)8-14/h6-8,11,13,18H,2-5,10H2,1H3. The van der Waals surface area contributed by atoms with Crippen LogP contribution in [0.2, 0.25) is 0 Å². The van der Waals surface area contributed by atoms with Crippen LogP contribution in [0.1, 0.15) is 38.2 Å². The lowest BCUT2D eigenvalue weighted by Gasteiger charge is -2.29. The average Bonchev–Trinajstić information content (AvgIpc) is 2.38. The number of halogens is 1. The van der Waals surface area contributed by atoms with Gasteiger partial charge in [0.1, 0.15) is 11.9 Å². The van der Waals surface area contributed by atoms with Gasteiger partial charge in [-0.3, -0.25) is 0 Å². The minimum Gasteiger partial charge on any atom is -0.385 e. The van der Waals surface area contributed by atoms with Gasteiger partial charge in [0.2, 0.25) is 0 Å². The second kappa shape index (κ2) is 5.86. The Kier molecular flexibility index (Phi) is 4.19. The third kappa shape index (κ3) is 3.01. The molecule has 0 amide bonds. The van der Waals surface area contributed by atoms with Gasteiger partial charge in [-0.05, 0) is 36.5 Å². The van der Waals surface area contributed by atoms with E-state index in [9.17, 15) is 4.39 Å². The van der Waals surface area contributed by atoms with Gasteiger partial charge < -0.3 is 5.32 Å². The highest BCUT2D eigenvalue weighted by molar-refractivity contribution is 5.48. The molecule has 0 bridgehead atoms. The van der Waals surface area contributed by atoms with Crippen LogP contribution in [0.4, 0.5) is 10.1 Å². The Hall–Kier alpha value is -1.56. The second-order valence-corrected chi connectivity index (χ2v) is 5.21. The van der Waals surface area contributed by atoms with Crippen molar-refractivity contribution in [2.45, 2.75) is 32.6 Å². The predicted octanol–water partition coefficient (Wildman–Crippen LogP) is 3.94. The molecule has 2 unspecified atom stereocenters. The number of nitrogens with zero attached hydrogens (tertiary/aromatic N) is 1. The van der Waals surface area contributed by atoms with E-state index >= 15 is 0 Å². The predicted molar refractivity (Wildman–Crippen MR) is 70.7 cm³/mol. The quantitative estimate of drug-likeness (QED) is 0.877. The van der Waals surface area contributed by atoms with Gasteiger partial charge in [-0.2, -0.15) is 5.26 Å². The molecule has 1 aromatic carbocycles. The van der Waals surface area contributed by atoms with E-state index in [-0.39, 0.29) is 5.56 Å². The molecule has 0 heterocycles. The molecule has 1 saturated carbocycles. The van der Waals surface area contributed by atoms with Crippen molar-refractivity contribution >= 4 is 5.69 Å². The lowest BCUT2D eigenvalue weighted by atomic mass is 9.80. The molecule has 1 aliphatic rings. The number of benzene rings is 1. The average molecular weight is 246 g/mol. The van der Waals surface area contributed by atoms with E-state index in [0.717, 1.165) is 18.2 Å². The summed E-state index contributed by atoms with van der Waals surface area (Å²) in [6, 6.07) is 6.54. The summed E-state index contributed by atoms with van der Waals surface area (Å²) < 4.78 is 13.4. The van der Waals surface area contributed by atoms with Crippen molar-refractivity contribution in [1.29, 1.82) is 5.26 Å². The summed E-state index contributed by atoms with van der Waals surface area (Å²) in [5.74, 6) is 0.978. The fourth-order valence-electron chi connectivity index (χ4n) is 2.66. The number of nitrogens with one attached hydrogen (secondary N) is 1. The van der Waals surface area contributed by atoms with Crippen molar-refractivity contribution in [3.8, 4) is 6.07 Å². The topological polar surface area (TPSA) is 35.8 Å². The molecule has 3 heteroatoms. The Balaban J connectivity index is 1.94. The normalized spacial score (nSPS) is 23.4. The van der Waals surface area contributed by atoms with Crippen LogP contribution in [0.25, 0.3) is 0 Å². The van der Waals surface area contributed by atoms with Crippen LogP contribution >= 0.6 is 0 Å². The molecule has 0 aliphatic heterocycles. The summed E-state index contributed by atoms with van der Waals surface area (Å²) in [5.41, 5.74) is 0.871. The molecule has 2 atom stereocenters. The maximum atomic E-state index is 13.4. The molecule has 18 heavy (non-hydrogen) atoms. The highest BCUT2D eigenvalue weighted by atomic mass is 19.1. The summed E-state index contributed by atoms with van der Waals surface area (Å²) in [6.45, 7) is 3.19. The van der Waals surface area contributed by atoms with E-state index in [1.807, 2.05) is 6.07 Å². The molecule has 96 valence electrons. The monoisotopic (exact) mass is 246 g/mol. The Labute approximate surface area is 108 Å². The molecule has 0 saturated heterocycles. The van der Waals surface area contributed by atoms with Crippen molar-refractivity contribution in [2.75, 3.05) is 11.9 Å². The van der Waals surface area contributed by atoms with Crippen LogP contribution in [0.15, 0.2) is 18.2 Å². The summed E-state index contributed by atoms with van der Waals surface area (Å²) in [6.07, 6.45) is 5.20. The summed E-state index contributed by atoms with van der Waals surface area (Å²) in [4.78, 5) is 0. The first-order chi connectivity index (χ1) is 8.70. The van der Waals surface area contributed by atoms with E-state index in [4.69, 9.17) is 5.26 Å². The molecule has 1 aliphatic carbocycles. The zero-order chi connectivity index (χ0) is 13.0. The van der Waals surface area contributed by atoms with Gasteiger partial charge in [0.15, 0.2) is 0 Å². The third-order valence-corrected chi connectivity index (χ3v) is 3.95. The van der Waals surface area contributed by atoms with E-state index in [1.54, 1.807) is 6.07 Å². The first kappa shape index (κ1) is 12.9. The fraction of sp³-hybridized carbons (Fsp3) is 0.533. The van der Waals surface area contributed by atoms with Gasteiger partial charge in [-0.1, -0.05) is 26.2 Å². The highest BCUT2D eigenvalue weighted by Gasteiger charge is 2.20. The molecule has 1 fully saturated rings. The smallest absolute Gasteiger partial charge is 0.143 e. The SMILES string of the molecule is CC1CCCCC1CNc1ccc(C#N)c(F)c1. The molecule has 0 radical (unpaired) electrons. The molecule has 1 N–H and O–H groups in total. The number of rotatable bonds is 3. The zero-order valence-electron chi connectivity index (χ0n) is 10.7. The highest BCUT2D eigenvalue weighted by Crippen LogP contribution is 2.29. The van der Waals surface area contributed by atoms with Crippen LogP contribution in [-0.4, -0.2) is 6.54 Å². The second-order valence-electron chi connectivity index (χ2n) is 5.21. The van der Waals surface area contributed by atoms with Crippen LogP contribution in [0.5, 0.6) is 0 Å². The minimum atomic E-state index is -0.445. The van der Waals surface area contributed by atoms with Gasteiger partial charge in [0.25, 0.3) is 0 Å². The lowest BCUT2D eigenvalue weighted by Crippen LogP contribution is -2.24. The Bertz CT molecular complexity index is 450. The largest absolute Gasteiger partial charge is 0.385 e. The lowest BCUT2D eigenvalue weighted by molar-refractivity contribution is 0.268. The van der Waals surface area contributed by atoms with Crippen molar-refractivity contribution < 1.29 is 4.39 Å². The summed E-state index contributed by atoms with van der Waals surface area (Å²) >= 11 is 0. The van der Waals surface area contributed by atoms with Crippen LogP contribution in [0, 0.1) is 29.0 Å². The summed E-state index contributed by atoms with van der Waals surface area (Å²) in [7, 11) is 0. The number of hydrogen-bond acceptors (Lipinski definition) is 2. The number of nitriles is 1. The first-order valence-electron chi connectivity index (χ1n) is 6.64. The Morgan fingerprint density at radius 2 is 2.17 bits per heavy atom. The van der Waals surface area contributed by atoms with Gasteiger partial charge >= 0.3 is 0 Å². The molecule has 2 rings (SSSR count). The maximum Gasteiger partial charge on any atom is 0.143 e. The number of anilines is 1. The van der Waals surface area contributed by atoms with E-state index in [1.165, 1.54) is 37.8 Å². The summed E-state index contributed by atoms with van der Waals surface area (Å²) in [5, 5.41) is 12.0. The molecule has 0 spiro atoms. The van der Waals surface area contributed by atoms with Gasteiger partial charge in [-0.25, -0.2) is 4.39 Å². The van der Waals surface area contributed by atoms with Crippen molar-refractivity contribution in [3.63, 3.8) is 0 Å².